The van der Waals surface area contributed by atoms with Crippen molar-refractivity contribution in [1.29, 1.82) is 0 Å². The minimum absolute atomic E-state index is 0.0619. The standard InChI is InChI=1S/C9H16ClNO2/c1-2-3-8(10)9(12)11-4-6-13-7-5-11/h8H,2-7H2,1H3. The number of ether oxygens (including phenoxy) is 1. The Bertz CT molecular complexity index is 169. The Hall–Kier alpha value is -0.280. The quantitative estimate of drug-likeness (QED) is 0.650. The largest absolute Gasteiger partial charge is 0.378 e. The Kier molecular flexibility index (Phi) is 4.53. The Labute approximate surface area is 84.0 Å². The zero-order valence-corrected chi connectivity index (χ0v) is 8.72. The molecule has 1 unspecified atom stereocenters. The van der Waals surface area contributed by atoms with Gasteiger partial charge in [0, 0.05) is 13.1 Å². The summed E-state index contributed by atoms with van der Waals surface area (Å²) in [7, 11) is 0. The third-order valence-electron chi connectivity index (χ3n) is 2.13. The number of nitrogens with zero attached hydrogens (tertiary/aromatic N) is 1. The van der Waals surface area contributed by atoms with E-state index in [1.165, 1.54) is 0 Å². The fraction of sp³-hybridized carbons (Fsp3) is 0.889. The maximum Gasteiger partial charge on any atom is 0.240 e. The van der Waals surface area contributed by atoms with Crippen LogP contribution < -0.4 is 0 Å². The van der Waals surface area contributed by atoms with E-state index in [4.69, 9.17) is 16.3 Å². The van der Waals surface area contributed by atoms with Gasteiger partial charge < -0.3 is 9.64 Å². The molecule has 0 radical (unpaired) electrons. The lowest BCUT2D eigenvalue weighted by atomic mass is 10.2. The molecule has 1 saturated heterocycles. The van der Waals surface area contributed by atoms with E-state index in [0.29, 0.717) is 26.3 Å². The van der Waals surface area contributed by atoms with Crippen molar-refractivity contribution >= 4 is 17.5 Å². The van der Waals surface area contributed by atoms with Crippen molar-refractivity contribution in [2.45, 2.75) is 25.1 Å². The third kappa shape index (κ3) is 3.16. The van der Waals surface area contributed by atoms with Gasteiger partial charge in [0.25, 0.3) is 0 Å². The van der Waals surface area contributed by atoms with Gasteiger partial charge in [0.2, 0.25) is 5.91 Å². The number of morpholine rings is 1. The number of alkyl halides is 1. The molecule has 0 bridgehead atoms. The second-order valence-corrected chi connectivity index (χ2v) is 3.72. The van der Waals surface area contributed by atoms with E-state index in [-0.39, 0.29) is 11.3 Å². The van der Waals surface area contributed by atoms with Crippen LogP contribution >= 0.6 is 11.6 Å². The van der Waals surface area contributed by atoms with Crippen LogP contribution in [0.4, 0.5) is 0 Å². The van der Waals surface area contributed by atoms with E-state index in [1.807, 2.05) is 6.92 Å². The van der Waals surface area contributed by atoms with Gasteiger partial charge in [-0.1, -0.05) is 13.3 Å². The van der Waals surface area contributed by atoms with E-state index in [0.717, 1.165) is 12.8 Å². The van der Waals surface area contributed by atoms with E-state index < -0.39 is 0 Å². The molecule has 0 aromatic heterocycles. The molecule has 1 rings (SSSR count). The second kappa shape index (κ2) is 5.45. The molecule has 1 aliphatic heterocycles. The van der Waals surface area contributed by atoms with Crippen molar-refractivity contribution in [3.8, 4) is 0 Å². The summed E-state index contributed by atoms with van der Waals surface area (Å²) in [5.74, 6) is 0.0619. The highest BCUT2D eigenvalue weighted by molar-refractivity contribution is 6.30. The van der Waals surface area contributed by atoms with Crippen LogP contribution in [0.2, 0.25) is 0 Å². The summed E-state index contributed by atoms with van der Waals surface area (Å²) in [5, 5.41) is -0.344. The number of hydrogen-bond acceptors (Lipinski definition) is 2. The number of carbonyl (C=O) groups excluding carboxylic acids is 1. The molecule has 0 aliphatic carbocycles. The molecule has 76 valence electrons. The summed E-state index contributed by atoms with van der Waals surface area (Å²) in [6.45, 7) is 4.68. The van der Waals surface area contributed by atoms with Gasteiger partial charge in [0.05, 0.1) is 13.2 Å². The molecule has 0 spiro atoms. The molecule has 1 amide bonds. The van der Waals surface area contributed by atoms with Crippen molar-refractivity contribution in [3.05, 3.63) is 0 Å². The lowest BCUT2D eigenvalue weighted by molar-refractivity contribution is -0.134. The van der Waals surface area contributed by atoms with Gasteiger partial charge in [-0.25, -0.2) is 0 Å². The van der Waals surface area contributed by atoms with Crippen LogP contribution in [0.15, 0.2) is 0 Å². The van der Waals surface area contributed by atoms with Crippen molar-refractivity contribution in [3.63, 3.8) is 0 Å². The van der Waals surface area contributed by atoms with Crippen molar-refractivity contribution in [2.75, 3.05) is 26.3 Å². The van der Waals surface area contributed by atoms with Gasteiger partial charge in [-0.05, 0) is 6.42 Å². The van der Waals surface area contributed by atoms with Crippen molar-refractivity contribution in [2.24, 2.45) is 0 Å². The van der Waals surface area contributed by atoms with Crippen LogP contribution in [0.25, 0.3) is 0 Å². The summed E-state index contributed by atoms with van der Waals surface area (Å²) < 4.78 is 5.15. The zero-order valence-electron chi connectivity index (χ0n) is 7.96. The minimum atomic E-state index is -0.344. The Morgan fingerprint density at radius 2 is 2.15 bits per heavy atom. The van der Waals surface area contributed by atoms with Crippen LogP contribution in [-0.4, -0.2) is 42.5 Å². The second-order valence-electron chi connectivity index (χ2n) is 3.19. The monoisotopic (exact) mass is 205 g/mol. The average Bonchev–Trinajstić information content (AvgIpc) is 2.18. The SMILES string of the molecule is CCCC(Cl)C(=O)N1CCOCC1. The molecule has 0 saturated carbocycles. The molecule has 4 heteroatoms. The van der Waals surface area contributed by atoms with Crippen LogP contribution in [0.1, 0.15) is 19.8 Å². The molecular formula is C9H16ClNO2. The molecule has 0 aromatic rings. The summed E-state index contributed by atoms with van der Waals surface area (Å²) in [5.41, 5.74) is 0. The summed E-state index contributed by atoms with van der Waals surface area (Å²) in [6.07, 6.45) is 1.71. The van der Waals surface area contributed by atoms with Crippen LogP contribution in [0.3, 0.4) is 0 Å². The summed E-state index contributed by atoms with van der Waals surface area (Å²) in [4.78, 5) is 13.4. The van der Waals surface area contributed by atoms with Crippen LogP contribution in [0.5, 0.6) is 0 Å². The molecule has 1 atom stereocenters. The molecule has 1 fully saturated rings. The van der Waals surface area contributed by atoms with E-state index in [2.05, 4.69) is 0 Å². The lowest BCUT2D eigenvalue weighted by Crippen LogP contribution is -2.44. The highest BCUT2D eigenvalue weighted by atomic mass is 35.5. The smallest absolute Gasteiger partial charge is 0.240 e. The van der Waals surface area contributed by atoms with E-state index in [1.54, 1.807) is 4.90 Å². The fourth-order valence-corrected chi connectivity index (χ4v) is 1.71. The van der Waals surface area contributed by atoms with Crippen LogP contribution in [-0.2, 0) is 9.53 Å². The van der Waals surface area contributed by atoms with Gasteiger partial charge in [-0.2, -0.15) is 0 Å². The molecule has 0 N–H and O–H groups in total. The maximum atomic E-state index is 11.6. The molecular weight excluding hydrogens is 190 g/mol. The summed E-state index contributed by atoms with van der Waals surface area (Å²) >= 11 is 5.93. The van der Waals surface area contributed by atoms with E-state index in [9.17, 15) is 4.79 Å². The zero-order chi connectivity index (χ0) is 9.68. The average molecular weight is 206 g/mol. The molecule has 0 aromatic carbocycles. The number of hydrogen-bond donors (Lipinski definition) is 0. The third-order valence-corrected chi connectivity index (χ3v) is 2.54. The van der Waals surface area contributed by atoms with Crippen molar-refractivity contribution < 1.29 is 9.53 Å². The number of halogens is 1. The molecule has 13 heavy (non-hydrogen) atoms. The van der Waals surface area contributed by atoms with Gasteiger partial charge in [0.15, 0.2) is 0 Å². The van der Waals surface area contributed by atoms with Gasteiger partial charge in [0.1, 0.15) is 5.38 Å². The first kappa shape index (κ1) is 10.8. The topological polar surface area (TPSA) is 29.5 Å². The maximum absolute atomic E-state index is 11.6. The van der Waals surface area contributed by atoms with Crippen molar-refractivity contribution in [1.82, 2.24) is 4.90 Å². The molecule has 1 heterocycles. The molecule has 3 nitrogen and oxygen atoms in total. The van der Waals surface area contributed by atoms with Gasteiger partial charge >= 0.3 is 0 Å². The van der Waals surface area contributed by atoms with Crippen LogP contribution in [0, 0.1) is 0 Å². The number of carbonyl (C=O) groups is 1. The predicted octanol–water partition coefficient (Wildman–Crippen LogP) is 1.25. The Balaban J connectivity index is 2.36. The predicted molar refractivity (Wildman–Crippen MR) is 51.9 cm³/mol. The first-order valence-electron chi connectivity index (χ1n) is 4.76. The normalized spacial score (nSPS) is 20.0. The minimum Gasteiger partial charge on any atom is -0.378 e. The first-order chi connectivity index (χ1) is 6.25. The first-order valence-corrected chi connectivity index (χ1v) is 5.20. The highest BCUT2D eigenvalue weighted by Crippen LogP contribution is 2.10. The molecule has 1 aliphatic rings. The van der Waals surface area contributed by atoms with Gasteiger partial charge in [-0.3, -0.25) is 4.79 Å². The Morgan fingerprint density at radius 1 is 1.54 bits per heavy atom. The fourth-order valence-electron chi connectivity index (χ4n) is 1.36. The van der Waals surface area contributed by atoms with E-state index >= 15 is 0 Å². The summed E-state index contributed by atoms with van der Waals surface area (Å²) in [6, 6.07) is 0. The lowest BCUT2D eigenvalue weighted by Gasteiger charge is -2.28. The Morgan fingerprint density at radius 3 is 2.69 bits per heavy atom. The number of rotatable bonds is 3. The number of amides is 1. The van der Waals surface area contributed by atoms with Gasteiger partial charge in [-0.15, -0.1) is 11.6 Å². The highest BCUT2D eigenvalue weighted by Gasteiger charge is 2.22.